The molecule has 1 atom stereocenters. The zero-order chi connectivity index (χ0) is 9.99. The first kappa shape index (κ1) is 11.8. The Morgan fingerprint density at radius 1 is 1.25 bits per heavy atom. The van der Waals surface area contributed by atoms with Crippen LogP contribution in [0.25, 0.3) is 0 Å². The molecular formula is C3H8O7S2. The van der Waals surface area contributed by atoms with Crippen molar-refractivity contribution in [2.45, 2.75) is 18.8 Å². The van der Waals surface area contributed by atoms with E-state index in [4.69, 9.17) is 9.11 Å². The summed E-state index contributed by atoms with van der Waals surface area (Å²) in [6.07, 6.45) is -0.293. The average molecular weight is 220 g/mol. The van der Waals surface area contributed by atoms with E-state index in [1.54, 1.807) is 0 Å². The Bertz CT molecular complexity index is 324. The van der Waals surface area contributed by atoms with Crippen molar-refractivity contribution in [2.75, 3.05) is 0 Å². The van der Waals surface area contributed by atoms with Gasteiger partial charge in [-0.05, 0) is 6.42 Å². The summed E-state index contributed by atoms with van der Waals surface area (Å²) in [7, 11) is -9.47. The maximum absolute atomic E-state index is 10.3. The molecule has 0 aliphatic carbocycles. The lowest BCUT2D eigenvalue weighted by Crippen LogP contribution is -2.25. The Balaban J connectivity index is 4.64. The molecule has 0 amide bonds. The maximum Gasteiger partial charge on any atom is 0.398 e. The molecule has 0 fully saturated rings. The Morgan fingerprint density at radius 3 is 1.75 bits per heavy atom. The third kappa shape index (κ3) is 4.62. The summed E-state index contributed by atoms with van der Waals surface area (Å²) < 4.78 is 60.6. The molecule has 0 aromatic heterocycles. The van der Waals surface area contributed by atoms with Crippen LogP contribution in [0.1, 0.15) is 13.3 Å². The molecule has 0 aliphatic rings. The quantitative estimate of drug-likeness (QED) is 0.609. The smallest absolute Gasteiger partial charge is 0.284 e. The molecule has 1 unspecified atom stereocenters. The third-order valence-corrected chi connectivity index (χ3v) is 2.59. The van der Waals surface area contributed by atoms with Crippen LogP contribution in [-0.4, -0.2) is 31.4 Å². The minimum Gasteiger partial charge on any atom is -0.284 e. The summed E-state index contributed by atoms with van der Waals surface area (Å²) in [4.78, 5) is 0. The van der Waals surface area contributed by atoms with E-state index >= 15 is 0 Å². The molecule has 7 nitrogen and oxygen atoms in total. The van der Waals surface area contributed by atoms with Crippen LogP contribution in [0.2, 0.25) is 0 Å². The predicted molar refractivity (Wildman–Crippen MR) is 38.3 cm³/mol. The number of hydrogen-bond donors (Lipinski definition) is 2. The summed E-state index contributed by atoms with van der Waals surface area (Å²) in [5, 5.41) is 0. The first-order valence-corrected chi connectivity index (χ1v) is 5.65. The van der Waals surface area contributed by atoms with Crippen LogP contribution < -0.4 is 0 Å². The van der Waals surface area contributed by atoms with Gasteiger partial charge in [0.1, 0.15) is 0 Å². The fourth-order valence-corrected chi connectivity index (χ4v) is 1.99. The molecule has 0 aromatic carbocycles. The summed E-state index contributed by atoms with van der Waals surface area (Å²) in [6, 6.07) is 0. The van der Waals surface area contributed by atoms with Gasteiger partial charge in [-0.15, -0.1) is 0 Å². The molecule has 74 valence electrons. The van der Waals surface area contributed by atoms with E-state index in [0.717, 1.165) is 0 Å². The van der Waals surface area contributed by atoms with Gasteiger partial charge in [0.25, 0.3) is 10.1 Å². The normalized spacial score (nSPS) is 15.9. The summed E-state index contributed by atoms with van der Waals surface area (Å²) in [5.74, 6) is 0. The maximum atomic E-state index is 10.3. The standard InChI is InChI=1S/C3H8O7S2/c1-2-3(11(4,5)6)10-12(7,8)9/h3H,2H2,1H3,(H,4,5,6)(H,7,8,9). The Labute approximate surface area is 70.0 Å². The van der Waals surface area contributed by atoms with Crippen LogP contribution in [0.15, 0.2) is 0 Å². The lowest BCUT2D eigenvalue weighted by Gasteiger charge is -2.08. The first-order chi connectivity index (χ1) is 5.17. The number of rotatable bonds is 4. The lowest BCUT2D eigenvalue weighted by atomic mass is 10.5. The molecule has 2 N–H and O–H groups in total. The molecule has 12 heavy (non-hydrogen) atoms. The molecule has 9 heteroatoms. The van der Waals surface area contributed by atoms with Gasteiger partial charge < -0.3 is 0 Å². The molecule has 0 radical (unpaired) electrons. The first-order valence-electron chi connectivity index (χ1n) is 2.79. The Morgan fingerprint density at radius 2 is 1.67 bits per heavy atom. The van der Waals surface area contributed by atoms with E-state index in [1.807, 2.05) is 0 Å². The van der Waals surface area contributed by atoms with Gasteiger partial charge in [0.15, 0.2) is 0 Å². The molecular weight excluding hydrogens is 212 g/mol. The van der Waals surface area contributed by atoms with E-state index in [9.17, 15) is 16.8 Å². The van der Waals surface area contributed by atoms with Crippen molar-refractivity contribution in [1.29, 1.82) is 0 Å². The SMILES string of the molecule is CCC(OS(=O)(=O)O)S(=O)(=O)O. The summed E-state index contributed by atoms with van der Waals surface area (Å²) >= 11 is 0. The topological polar surface area (TPSA) is 118 Å². The Kier molecular flexibility index (Phi) is 3.59. The third-order valence-electron chi connectivity index (χ3n) is 0.894. The van der Waals surface area contributed by atoms with Gasteiger partial charge >= 0.3 is 10.4 Å². The van der Waals surface area contributed by atoms with Gasteiger partial charge in [-0.3, -0.25) is 9.11 Å². The van der Waals surface area contributed by atoms with Crippen molar-refractivity contribution in [3.8, 4) is 0 Å². The zero-order valence-corrected chi connectivity index (χ0v) is 7.67. The van der Waals surface area contributed by atoms with Gasteiger partial charge in [-0.2, -0.15) is 16.8 Å². The minimum atomic E-state index is -4.86. The van der Waals surface area contributed by atoms with Gasteiger partial charge in [-0.1, -0.05) is 6.92 Å². The summed E-state index contributed by atoms with van der Waals surface area (Å²) in [5.41, 5.74) is -1.95. The van der Waals surface area contributed by atoms with Crippen molar-refractivity contribution in [1.82, 2.24) is 0 Å². The second kappa shape index (κ2) is 3.66. The molecule has 0 saturated heterocycles. The number of hydrogen-bond acceptors (Lipinski definition) is 5. The largest absolute Gasteiger partial charge is 0.398 e. The van der Waals surface area contributed by atoms with E-state index in [0.29, 0.717) is 0 Å². The monoisotopic (exact) mass is 220 g/mol. The summed E-state index contributed by atoms with van der Waals surface area (Å²) in [6.45, 7) is 1.27. The second-order valence-electron chi connectivity index (χ2n) is 1.88. The second-order valence-corrected chi connectivity index (χ2v) is 4.48. The highest BCUT2D eigenvalue weighted by atomic mass is 32.3. The zero-order valence-electron chi connectivity index (χ0n) is 6.04. The Hall–Kier alpha value is -0.220. The average Bonchev–Trinajstić information content (AvgIpc) is 1.78. The van der Waals surface area contributed by atoms with Crippen molar-refractivity contribution in [3.63, 3.8) is 0 Å². The van der Waals surface area contributed by atoms with Crippen LogP contribution in [0.5, 0.6) is 0 Å². The molecule has 0 heterocycles. The lowest BCUT2D eigenvalue weighted by molar-refractivity contribution is 0.223. The highest BCUT2D eigenvalue weighted by molar-refractivity contribution is 7.87. The van der Waals surface area contributed by atoms with E-state index in [1.165, 1.54) is 6.92 Å². The van der Waals surface area contributed by atoms with Crippen LogP contribution in [0.3, 0.4) is 0 Å². The van der Waals surface area contributed by atoms with E-state index in [2.05, 4.69) is 4.18 Å². The predicted octanol–water partition coefficient (Wildman–Crippen LogP) is -0.570. The fourth-order valence-electron chi connectivity index (χ4n) is 0.464. The van der Waals surface area contributed by atoms with Gasteiger partial charge in [0, 0.05) is 0 Å². The van der Waals surface area contributed by atoms with Gasteiger partial charge in [0.2, 0.25) is 5.44 Å². The van der Waals surface area contributed by atoms with Crippen molar-refractivity contribution in [3.05, 3.63) is 0 Å². The van der Waals surface area contributed by atoms with Crippen LogP contribution in [-0.2, 0) is 24.7 Å². The van der Waals surface area contributed by atoms with Crippen LogP contribution in [0.4, 0.5) is 0 Å². The van der Waals surface area contributed by atoms with E-state index in [-0.39, 0.29) is 6.42 Å². The highest BCUT2D eigenvalue weighted by Crippen LogP contribution is 2.08. The molecule has 0 saturated carbocycles. The fraction of sp³-hybridized carbons (Fsp3) is 1.00. The van der Waals surface area contributed by atoms with E-state index < -0.39 is 26.0 Å². The van der Waals surface area contributed by atoms with Crippen LogP contribution in [0, 0.1) is 0 Å². The minimum absolute atomic E-state index is 0.293. The van der Waals surface area contributed by atoms with Crippen LogP contribution >= 0.6 is 0 Å². The van der Waals surface area contributed by atoms with Crippen molar-refractivity contribution < 1.29 is 30.1 Å². The molecule has 0 rings (SSSR count). The molecule has 0 spiro atoms. The van der Waals surface area contributed by atoms with Crippen molar-refractivity contribution in [2.24, 2.45) is 0 Å². The molecule has 0 bridgehead atoms. The molecule has 0 aromatic rings. The van der Waals surface area contributed by atoms with Gasteiger partial charge in [-0.25, -0.2) is 4.18 Å². The van der Waals surface area contributed by atoms with Gasteiger partial charge in [0.05, 0.1) is 0 Å². The highest BCUT2D eigenvalue weighted by Gasteiger charge is 2.26. The molecule has 0 aliphatic heterocycles. The van der Waals surface area contributed by atoms with Crippen molar-refractivity contribution >= 4 is 20.5 Å².